The second-order valence-corrected chi connectivity index (χ2v) is 6.21. The summed E-state index contributed by atoms with van der Waals surface area (Å²) in [6.45, 7) is 2.92. The lowest BCUT2D eigenvalue weighted by molar-refractivity contribution is -0.384. The molecular formula is C15H19ClN4O4. The van der Waals surface area contributed by atoms with Crippen molar-refractivity contribution >= 4 is 34.8 Å². The fourth-order valence-corrected chi connectivity index (χ4v) is 2.86. The Morgan fingerprint density at radius 3 is 2.58 bits per heavy atom. The maximum absolute atomic E-state index is 12.4. The highest BCUT2D eigenvalue weighted by molar-refractivity contribution is 6.33. The van der Waals surface area contributed by atoms with Crippen LogP contribution in [0.4, 0.5) is 11.4 Å². The lowest BCUT2D eigenvalue weighted by Gasteiger charge is -2.34. The average Bonchev–Trinajstić information content (AvgIpc) is 2.55. The summed E-state index contributed by atoms with van der Waals surface area (Å²) in [5.74, 6) is -0.771. The molecule has 1 aromatic rings. The van der Waals surface area contributed by atoms with Gasteiger partial charge >= 0.3 is 0 Å². The molecule has 0 bridgehead atoms. The summed E-state index contributed by atoms with van der Waals surface area (Å²) < 4.78 is 0. The van der Waals surface area contributed by atoms with Gasteiger partial charge in [0.1, 0.15) is 0 Å². The van der Waals surface area contributed by atoms with E-state index in [1.165, 1.54) is 18.2 Å². The van der Waals surface area contributed by atoms with Gasteiger partial charge in [0.05, 0.1) is 21.7 Å². The van der Waals surface area contributed by atoms with Crippen molar-refractivity contribution in [2.45, 2.75) is 25.8 Å². The average molecular weight is 355 g/mol. The molecule has 130 valence electrons. The van der Waals surface area contributed by atoms with Gasteiger partial charge in [-0.2, -0.15) is 0 Å². The molecule has 1 saturated heterocycles. The minimum Gasteiger partial charge on any atom is -0.369 e. The Bertz CT molecular complexity index is 659. The molecule has 0 aliphatic carbocycles. The first-order valence-corrected chi connectivity index (χ1v) is 7.95. The molecule has 0 saturated carbocycles. The first-order valence-electron chi connectivity index (χ1n) is 7.57. The van der Waals surface area contributed by atoms with Gasteiger partial charge in [-0.15, -0.1) is 0 Å². The summed E-state index contributed by atoms with van der Waals surface area (Å²) in [4.78, 5) is 35.8. The lowest BCUT2D eigenvalue weighted by atomic mass is 9.95. The van der Waals surface area contributed by atoms with Gasteiger partial charge in [-0.1, -0.05) is 11.6 Å². The molecule has 0 radical (unpaired) electrons. The number of rotatable bonds is 5. The van der Waals surface area contributed by atoms with Gasteiger partial charge in [-0.05, 0) is 38.9 Å². The molecule has 24 heavy (non-hydrogen) atoms. The summed E-state index contributed by atoms with van der Waals surface area (Å²) in [7, 11) is 0. The number of carbonyl (C=O) groups is 2. The third-order valence-corrected chi connectivity index (χ3v) is 4.61. The second-order valence-electron chi connectivity index (χ2n) is 5.80. The number of benzene rings is 1. The fraction of sp³-hybridized carbons (Fsp3) is 0.467. The van der Waals surface area contributed by atoms with Gasteiger partial charge in [0.2, 0.25) is 11.8 Å². The number of non-ortho nitro benzene ring substituents is 1. The molecule has 2 rings (SSSR count). The van der Waals surface area contributed by atoms with Crippen molar-refractivity contribution in [1.29, 1.82) is 0 Å². The van der Waals surface area contributed by atoms with Crippen LogP contribution in [0.2, 0.25) is 5.02 Å². The number of piperidine rings is 1. The van der Waals surface area contributed by atoms with E-state index < -0.39 is 11.0 Å². The quantitative estimate of drug-likeness (QED) is 0.617. The van der Waals surface area contributed by atoms with Crippen LogP contribution in [0.15, 0.2) is 18.2 Å². The SMILES string of the molecule is CC(C(=O)Nc1cc([N+](=O)[O-])ccc1Cl)N1CCC(C(N)=O)CC1. The van der Waals surface area contributed by atoms with Gasteiger partial charge in [0.25, 0.3) is 5.69 Å². The van der Waals surface area contributed by atoms with Crippen LogP contribution in [0.1, 0.15) is 19.8 Å². The summed E-state index contributed by atoms with van der Waals surface area (Å²) in [6, 6.07) is 3.43. The van der Waals surface area contributed by atoms with Crippen LogP contribution in [0, 0.1) is 16.0 Å². The molecule has 1 fully saturated rings. The smallest absolute Gasteiger partial charge is 0.271 e. The number of nitrogens with one attached hydrogen (secondary N) is 1. The van der Waals surface area contributed by atoms with E-state index in [1.807, 2.05) is 4.90 Å². The van der Waals surface area contributed by atoms with Crippen molar-refractivity contribution in [3.63, 3.8) is 0 Å². The Labute approximate surface area is 144 Å². The second kappa shape index (κ2) is 7.59. The summed E-state index contributed by atoms with van der Waals surface area (Å²) in [5, 5.41) is 13.7. The van der Waals surface area contributed by atoms with E-state index in [0.717, 1.165) is 0 Å². The third-order valence-electron chi connectivity index (χ3n) is 4.28. The van der Waals surface area contributed by atoms with Crippen molar-refractivity contribution in [2.75, 3.05) is 18.4 Å². The molecule has 9 heteroatoms. The van der Waals surface area contributed by atoms with Crippen LogP contribution < -0.4 is 11.1 Å². The van der Waals surface area contributed by atoms with Gasteiger partial charge in [0, 0.05) is 18.1 Å². The van der Waals surface area contributed by atoms with E-state index in [4.69, 9.17) is 17.3 Å². The minimum absolute atomic E-state index is 0.148. The Kier molecular flexibility index (Phi) is 5.74. The minimum atomic E-state index is -0.552. The molecule has 1 aromatic carbocycles. The first kappa shape index (κ1) is 18.2. The van der Waals surface area contributed by atoms with E-state index in [1.54, 1.807) is 6.92 Å². The molecule has 2 amide bonds. The number of nitro groups is 1. The van der Waals surface area contributed by atoms with Gasteiger partial charge in [-0.3, -0.25) is 24.6 Å². The topological polar surface area (TPSA) is 119 Å². The zero-order chi connectivity index (χ0) is 17.9. The number of nitrogens with two attached hydrogens (primary N) is 1. The van der Waals surface area contributed by atoms with E-state index in [9.17, 15) is 19.7 Å². The number of anilines is 1. The molecule has 0 aromatic heterocycles. The predicted molar refractivity (Wildman–Crippen MR) is 89.7 cm³/mol. The molecule has 8 nitrogen and oxygen atoms in total. The van der Waals surface area contributed by atoms with Crippen molar-refractivity contribution in [3.8, 4) is 0 Å². The van der Waals surface area contributed by atoms with Gasteiger partial charge < -0.3 is 11.1 Å². The Morgan fingerprint density at radius 1 is 1.42 bits per heavy atom. The number of primary amides is 1. The van der Waals surface area contributed by atoms with Crippen LogP contribution >= 0.6 is 11.6 Å². The van der Waals surface area contributed by atoms with E-state index in [0.29, 0.717) is 25.9 Å². The number of hydrogen-bond acceptors (Lipinski definition) is 5. The maximum atomic E-state index is 12.4. The number of amides is 2. The van der Waals surface area contributed by atoms with Crippen molar-refractivity contribution in [1.82, 2.24) is 4.90 Å². The zero-order valence-electron chi connectivity index (χ0n) is 13.2. The maximum Gasteiger partial charge on any atom is 0.271 e. The molecule has 1 heterocycles. The number of hydrogen-bond donors (Lipinski definition) is 2. The largest absolute Gasteiger partial charge is 0.369 e. The molecule has 1 unspecified atom stereocenters. The summed E-state index contributed by atoms with van der Waals surface area (Å²) >= 11 is 5.99. The van der Waals surface area contributed by atoms with Gasteiger partial charge in [0.15, 0.2) is 0 Å². The Morgan fingerprint density at radius 2 is 2.04 bits per heavy atom. The Hall–Kier alpha value is -2.19. The van der Waals surface area contributed by atoms with E-state index in [2.05, 4.69) is 5.32 Å². The highest BCUT2D eigenvalue weighted by Crippen LogP contribution is 2.27. The molecule has 0 spiro atoms. The lowest BCUT2D eigenvalue weighted by Crippen LogP contribution is -2.47. The molecule has 1 aliphatic heterocycles. The molecule has 3 N–H and O–H groups in total. The normalized spacial score (nSPS) is 17.2. The van der Waals surface area contributed by atoms with Crippen LogP contribution in [-0.2, 0) is 9.59 Å². The number of halogens is 1. The fourth-order valence-electron chi connectivity index (χ4n) is 2.70. The van der Waals surface area contributed by atoms with Crippen LogP contribution in [0.25, 0.3) is 0 Å². The number of carbonyl (C=O) groups excluding carboxylic acids is 2. The van der Waals surface area contributed by atoms with Crippen LogP contribution in [0.3, 0.4) is 0 Å². The van der Waals surface area contributed by atoms with E-state index in [-0.39, 0.29) is 34.1 Å². The molecular weight excluding hydrogens is 336 g/mol. The molecule has 1 aliphatic rings. The van der Waals surface area contributed by atoms with E-state index >= 15 is 0 Å². The van der Waals surface area contributed by atoms with Crippen molar-refractivity contribution in [2.24, 2.45) is 11.7 Å². The van der Waals surface area contributed by atoms with Crippen molar-refractivity contribution in [3.05, 3.63) is 33.3 Å². The predicted octanol–water partition coefficient (Wildman–Crippen LogP) is 1.77. The highest BCUT2D eigenvalue weighted by atomic mass is 35.5. The van der Waals surface area contributed by atoms with Gasteiger partial charge in [-0.25, -0.2) is 0 Å². The highest BCUT2D eigenvalue weighted by Gasteiger charge is 2.29. The van der Waals surface area contributed by atoms with Crippen LogP contribution in [-0.4, -0.2) is 40.8 Å². The number of likely N-dealkylation sites (tertiary alicyclic amines) is 1. The summed E-state index contributed by atoms with van der Waals surface area (Å²) in [6.07, 6.45) is 1.23. The number of nitro benzene ring substituents is 1. The summed E-state index contributed by atoms with van der Waals surface area (Å²) in [5.41, 5.74) is 5.35. The van der Waals surface area contributed by atoms with Crippen LogP contribution in [0.5, 0.6) is 0 Å². The molecule has 1 atom stereocenters. The standard InChI is InChI=1S/C15H19ClN4O4/c1-9(19-6-4-10(5-7-19)14(17)21)15(22)18-13-8-11(20(23)24)2-3-12(13)16/h2-3,8-10H,4-7H2,1H3,(H2,17,21)(H,18,22). The number of nitrogens with zero attached hydrogens (tertiary/aromatic N) is 2. The zero-order valence-corrected chi connectivity index (χ0v) is 14.0. The van der Waals surface area contributed by atoms with Crippen molar-refractivity contribution < 1.29 is 14.5 Å². The Balaban J connectivity index is 2.01. The monoisotopic (exact) mass is 354 g/mol. The first-order chi connectivity index (χ1) is 11.3. The third kappa shape index (κ3) is 4.21.